The van der Waals surface area contributed by atoms with Crippen LogP contribution < -0.4 is 15.0 Å². The van der Waals surface area contributed by atoms with Crippen molar-refractivity contribution in [3.8, 4) is 11.5 Å². The van der Waals surface area contributed by atoms with Gasteiger partial charge in [0, 0.05) is 13.1 Å². The van der Waals surface area contributed by atoms with Crippen molar-refractivity contribution < 1.29 is 9.47 Å². The van der Waals surface area contributed by atoms with Gasteiger partial charge in [-0.2, -0.15) is 0 Å². The van der Waals surface area contributed by atoms with E-state index in [9.17, 15) is 4.79 Å². The third kappa shape index (κ3) is 1.54. The maximum absolute atomic E-state index is 12.0. The fourth-order valence-corrected chi connectivity index (χ4v) is 1.95. The maximum Gasteiger partial charge on any atom is 0.262 e. The molecule has 5 nitrogen and oxygen atoms in total. The van der Waals surface area contributed by atoms with Gasteiger partial charge >= 0.3 is 0 Å². The molecule has 1 aliphatic rings. The number of aromatic nitrogens is 2. The topological polar surface area (TPSA) is 53.4 Å². The zero-order valence-electron chi connectivity index (χ0n) is 9.07. The summed E-state index contributed by atoms with van der Waals surface area (Å²) in [4.78, 5) is 16.1. The van der Waals surface area contributed by atoms with Crippen LogP contribution in [0.4, 0.5) is 0 Å². The van der Waals surface area contributed by atoms with E-state index in [2.05, 4.69) is 4.98 Å². The molecular weight excluding hydrogens is 244 g/mol. The van der Waals surface area contributed by atoms with Crippen molar-refractivity contribution in [2.45, 2.75) is 0 Å². The highest BCUT2D eigenvalue weighted by Gasteiger charge is 2.16. The first-order valence-corrected chi connectivity index (χ1v) is 5.50. The molecule has 17 heavy (non-hydrogen) atoms. The van der Waals surface area contributed by atoms with Crippen molar-refractivity contribution >= 4 is 22.5 Å². The van der Waals surface area contributed by atoms with E-state index in [-0.39, 0.29) is 10.8 Å². The van der Waals surface area contributed by atoms with E-state index < -0.39 is 0 Å². The van der Waals surface area contributed by atoms with Crippen LogP contribution in [-0.2, 0) is 7.05 Å². The number of nitrogens with zero attached hydrogens (tertiary/aromatic N) is 2. The third-order valence-electron chi connectivity index (χ3n) is 2.69. The van der Waals surface area contributed by atoms with Gasteiger partial charge in [0.15, 0.2) is 11.5 Å². The summed E-state index contributed by atoms with van der Waals surface area (Å²) < 4.78 is 12.1. The standard InChI is InChI=1S/C11H9ClN2O3/c1-14-10(15)6-4-8-9(17-3-2-16-8)5-7(6)13-11(14)12/h4-5H,2-3H2,1H3. The SMILES string of the molecule is Cn1c(Cl)nc2cc3c(cc2c1=O)OCCO3. The second-order valence-corrected chi connectivity index (χ2v) is 4.10. The number of halogens is 1. The van der Waals surface area contributed by atoms with Crippen LogP contribution in [0, 0.1) is 0 Å². The van der Waals surface area contributed by atoms with Crippen LogP contribution in [-0.4, -0.2) is 22.8 Å². The highest BCUT2D eigenvalue weighted by Crippen LogP contribution is 2.33. The molecule has 2 heterocycles. The second kappa shape index (κ2) is 3.63. The molecule has 0 bridgehead atoms. The first-order valence-electron chi connectivity index (χ1n) is 5.13. The molecule has 88 valence electrons. The predicted molar refractivity (Wildman–Crippen MR) is 63.0 cm³/mol. The lowest BCUT2D eigenvalue weighted by Crippen LogP contribution is -2.20. The molecule has 1 aromatic heterocycles. The van der Waals surface area contributed by atoms with E-state index in [1.165, 1.54) is 4.57 Å². The quantitative estimate of drug-likeness (QED) is 0.665. The van der Waals surface area contributed by atoms with E-state index in [0.29, 0.717) is 35.6 Å². The Balaban J connectivity index is 2.38. The lowest BCUT2D eigenvalue weighted by molar-refractivity contribution is 0.172. The van der Waals surface area contributed by atoms with Crippen molar-refractivity contribution in [1.82, 2.24) is 9.55 Å². The number of fused-ring (bicyclic) bond motifs is 2. The third-order valence-corrected chi connectivity index (χ3v) is 3.02. The van der Waals surface area contributed by atoms with Gasteiger partial charge in [-0.05, 0) is 17.7 Å². The molecule has 0 saturated heterocycles. The summed E-state index contributed by atoms with van der Waals surface area (Å²) in [5.74, 6) is 1.17. The Morgan fingerprint density at radius 3 is 2.65 bits per heavy atom. The average Bonchev–Trinajstić information content (AvgIpc) is 2.34. The zero-order chi connectivity index (χ0) is 12.0. The molecule has 0 fully saturated rings. The first kappa shape index (κ1) is 10.4. The summed E-state index contributed by atoms with van der Waals surface area (Å²) in [5.41, 5.74) is 0.319. The molecule has 0 atom stereocenters. The maximum atomic E-state index is 12.0. The van der Waals surface area contributed by atoms with E-state index in [4.69, 9.17) is 21.1 Å². The number of ether oxygens (including phenoxy) is 2. The molecule has 0 spiro atoms. The van der Waals surface area contributed by atoms with Gasteiger partial charge in [0.25, 0.3) is 5.56 Å². The summed E-state index contributed by atoms with van der Waals surface area (Å²) in [5, 5.41) is 0.625. The molecule has 6 heteroatoms. The Labute approximate surface area is 102 Å². The van der Waals surface area contributed by atoms with Crippen LogP contribution in [0.25, 0.3) is 10.9 Å². The molecule has 0 N–H and O–H groups in total. The summed E-state index contributed by atoms with van der Waals surface area (Å²) in [6, 6.07) is 3.33. The van der Waals surface area contributed by atoms with Gasteiger partial charge in [-0.15, -0.1) is 0 Å². The molecule has 3 rings (SSSR count). The smallest absolute Gasteiger partial charge is 0.262 e. The Morgan fingerprint density at radius 2 is 1.94 bits per heavy atom. The number of hydrogen-bond donors (Lipinski definition) is 0. The van der Waals surface area contributed by atoms with Crippen LogP contribution in [0.5, 0.6) is 11.5 Å². The van der Waals surface area contributed by atoms with E-state index in [1.54, 1.807) is 19.2 Å². The van der Waals surface area contributed by atoms with E-state index in [1.807, 2.05) is 0 Å². The average molecular weight is 253 g/mol. The molecular formula is C11H9ClN2O3. The van der Waals surface area contributed by atoms with Gasteiger partial charge in [-0.1, -0.05) is 0 Å². The van der Waals surface area contributed by atoms with Crippen LogP contribution in [0.15, 0.2) is 16.9 Å². The van der Waals surface area contributed by atoms with E-state index >= 15 is 0 Å². The molecule has 0 radical (unpaired) electrons. The van der Waals surface area contributed by atoms with E-state index in [0.717, 1.165) is 0 Å². The van der Waals surface area contributed by atoms with Gasteiger partial charge in [0.05, 0.1) is 10.9 Å². The van der Waals surface area contributed by atoms with Crippen molar-refractivity contribution in [2.24, 2.45) is 7.05 Å². The molecule has 2 aromatic rings. The van der Waals surface area contributed by atoms with Crippen LogP contribution in [0.2, 0.25) is 5.28 Å². The van der Waals surface area contributed by atoms with Gasteiger partial charge in [0.2, 0.25) is 5.28 Å². The Bertz CT molecular complexity index is 666. The summed E-state index contributed by atoms with van der Waals surface area (Å²) >= 11 is 5.86. The number of benzene rings is 1. The normalized spacial score (nSPS) is 14.0. The fourth-order valence-electron chi connectivity index (χ4n) is 1.78. The lowest BCUT2D eigenvalue weighted by atomic mass is 10.2. The van der Waals surface area contributed by atoms with Gasteiger partial charge < -0.3 is 9.47 Å². The fraction of sp³-hybridized carbons (Fsp3) is 0.273. The molecule has 0 aliphatic carbocycles. The number of hydrogen-bond acceptors (Lipinski definition) is 4. The highest BCUT2D eigenvalue weighted by atomic mass is 35.5. The van der Waals surface area contributed by atoms with Gasteiger partial charge in [-0.3, -0.25) is 9.36 Å². The molecule has 0 unspecified atom stereocenters. The van der Waals surface area contributed by atoms with Gasteiger partial charge in [-0.25, -0.2) is 4.98 Å². The second-order valence-electron chi connectivity index (χ2n) is 3.76. The summed E-state index contributed by atoms with van der Waals surface area (Å²) in [6.07, 6.45) is 0. The van der Waals surface area contributed by atoms with Crippen molar-refractivity contribution in [1.29, 1.82) is 0 Å². The molecule has 0 saturated carbocycles. The predicted octanol–water partition coefficient (Wildman–Crippen LogP) is 1.36. The van der Waals surface area contributed by atoms with Crippen LogP contribution in [0.3, 0.4) is 0 Å². The summed E-state index contributed by atoms with van der Waals surface area (Å²) in [6.45, 7) is 0.983. The Morgan fingerprint density at radius 1 is 1.29 bits per heavy atom. The first-order chi connectivity index (χ1) is 8.16. The van der Waals surface area contributed by atoms with Crippen molar-refractivity contribution in [3.63, 3.8) is 0 Å². The minimum absolute atomic E-state index is 0.152. The number of rotatable bonds is 0. The van der Waals surface area contributed by atoms with Gasteiger partial charge in [0.1, 0.15) is 13.2 Å². The zero-order valence-corrected chi connectivity index (χ0v) is 9.82. The molecule has 1 aliphatic heterocycles. The largest absolute Gasteiger partial charge is 0.486 e. The minimum Gasteiger partial charge on any atom is -0.486 e. The monoisotopic (exact) mass is 252 g/mol. The van der Waals surface area contributed by atoms with Crippen LogP contribution in [0.1, 0.15) is 0 Å². The Hall–Kier alpha value is -1.75. The summed E-state index contributed by atoms with van der Waals surface area (Å²) in [7, 11) is 1.58. The minimum atomic E-state index is -0.197. The van der Waals surface area contributed by atoms with Crippen molar-refractivity contribution in [2.75, 3.05) is 13.2 Å². The van der Waals surface area contributed by atoms with Crippen molar-refractivity contribution in [3.05, 3.63) is 27.8 Å². The Kier molecular flexibility index (Phi) is 2.22. The van der Waals surface area contributed by atoms with Crippen LogP contribution >= 0.6 is 11.6 Å². The lowest BCUT2D eigenvalue weighted by Gasteiger charge is -2.18. The highest BCUT2D eigenvalue weighted by molar-refractivity contribution is 6.28. The molecule has 1 aromatic carbocycles. The molecule has 0 amide bonds.